The number of carbonyl (C=O) groups excluding carboxylic acids is 2. The summed E-state index contributed by atoms with van der Waals surface area (Å²) in [6.45, 7) is 1.16. The standard InChI is InChI=1S/C20H22O7/c1-13-7-3-5-9-15(13)19(25,11-21)17(23)27-18(24)20(26,12-22)16-10-6-4-8-14(16)2/h3-10,21-22,25-26H,11-12H2,1-2H3. The van der Waals surface area contributed by atoms with Gasteiger partial charge in [0.05, 0.1) is 13.2 Å². The molecule has 2 atom stereocenters. The normalized spacial score (nSPS) is 15.5. The molecular formula is C20H22O7. The average molecular weight is 374 g/mol. The third-order valence-electron chi connectivity index (χ3n) is 4.50. The summed E-state index contributed by atoms with van der Waals surface area (Å²) in [6, 6.07) is 12.5. The molecule has 0 amide bonds. The van der Waals surface area contributed by atoms with Crippen LogP contribution in [0.25, 0.3) is 0 Å². The van der Waals surface area contributed by atoms with Crippen molar-refractivity contribution in [2.45, 2.75) is 25.0 Å². The van der Waals surface area contributed by atoms with Crippen molar-refractivity contribution in [2.24, 2.45) is 0 Å². The van der Waals surface area contributed by atoms with Crippen LogP contribution in [-0.4, -0.2) is 45.6 Å². The van der Waals surface area contributed by atoms with Crippen LogP contribution in [0.3, 0.4) is 0 Å². The third kappa shape index (κ3) is 3.77. The van der Waals surface area contributed by atoms with Crippen LogP contribution in [0.4, 0.5) is 0 Å². The van der Waals surface area contributed by atoms with Gasteiger partial charge in [0, 0.05) is 11.1 Å². The molecule has 0 saturated carbocycles. The van der Waals surface area contributed by atoms with Gasteiger partial charge >= 0.3 is 11.9 Å². The quantitative estimate of drug-likeness (QED) is 0.427. The maximum Gasteiger partial charge on any atom is 0.353 e. The minimum absolute atomic E-state index is 0.0636. The van der Waals surface area contributed by atoms with Gasteiger partial charge in [-0.3, -0.25) is 0 Å². The van der Waals surface area contributed by atoms with E-state index in [0.717, 1.165) is 0 Å². The fourth-order valence-electron chi connectivity index (χ4n) is 2.85. The number of rotatable bonds is 6. The van der Waals surface area contributed by atoms with Gasteiger partial charge in [-0.2, -0.15) is 0 Å². The van der Waals surface area contributed by atoms with E-state index in [2.05, 4.69) is 4.74 Å². The van der Waals surface area contributed by atoms with Gasteiger partial charge in [-0.25, -0.2) is 9.59 Å². The topological polar surface area (TPSA) is 124 Å². The number of hydrogen-bond donors (Lipinski definition) is 4. The van der Waals surface area contributed by atoms with Crippen LogP contribution in [0, 0.1) is 13.8 Å². The van der Waals surface area contributed by atoms with Gasteiger partial charge in [-0.15, -0.1) is 0 Å². The molecule has 0 spiro atoms. The number of aliphatic hydroxyl groups is 4. The summed E-state index contributed by atoms with van der Waals surface area (Å²) in [5.74, 6) is -2.91. The number of benzene rings is 2. The largest absolute Gasteiger partial charge is 0.392 e. The van der Waals surface area contributed by atoms with Crippen LogP contribution in [0.1, 0.15) is 22.3 Å². The van der Waals surface area contributed by atoms with Crippen molar-refractivity contribution in [3.8, 4) is 0 Å². The highest BCUT2D eigenvalue weighted by atomic mass is 16.6. The summed E-state index contributed by atoms with van der Waals surface area (Å²) in [5.41, 5.74) is -3.88. The van der Waals surface area contributed by atoms with Crippen LogP contribution in [0.5, 0.6) is 0 Å². The molecule has 27 heavy (non-hydrogen) atoms. The second-order valence-corrected chi connectivity index (χ2v) is 6.34. The first kappa shape index (κ1) is 20.7. The van der Waals surface area contributed by atoms with E-state index in [1.54, 1.807) is 50.2 Å². The van der Waals surface area contributed by atoms with Crippen LogP contribution in [0.15, 0.2) is 48.5 Å². The van der Waals surface area contributed by atoms with E-state index in [4.69, 9.17) is 0 Å². The molecule has 0 aliphatic heterocycles. The number of carbonyl (C=O) groups is 2. The molecule has 0 heterocycles. The highest BCUT2D eigenvalue weighted by Gasteiger charge is 2.47. The molecular weight excluding hydrogens is 352 g/mol. The molecule has 0 saturated heterocycles. The number of ether oxygens (including phenoxy) is 1. The second-order valence-electron chi connectivity index (χ2n) is 6.34. The number of hydrogen-bond acceptors (Lipinski definition) is 7. The Bertz CT molecular complexity index is 778. The van der Waals surface area contributed by atoms with Gasteiger partial charge in [0.2, 0.25) is 11.2 Å². The molecule has 2 unspecified atom stereocenters. The predicted molar refractivity (Wildman–Crippen MR) is 95.4 cm³/mol. The summed E-state index contributed by atoms with van der Waals surface area (Å²) in [5, 5.41) is 40.5. The first-order chi connectivity index (χ1) is 12.7. The molecule has 0 aliphatic rings. The lowest BCUT2D eigenvalue weighted by atomic mass is 9.89. The molecule has 144 valence electrons. The van der Waals surface area contributed by atoms with Gasteiger partial charge in [0.1, 0.15) is 0 Å². The Morgan fingerprint density at radius 1 is 0.778 bits per heavy atom. The lowest BCUT2D eigenvalue weighted by molar-refractivity contribution is -0.191. The first-order valence-electron chi connectivity index (χ1n) is 8.26. The molecule has 0 fully saturated rings. The van der Waals surface area contributed by atoms with E-state index < -0.39 is 36.4 Å². The summed E-state index contributed by atoms with van der Waals surface area (Å²) >= 11 is 0. The van der Waals surface area contributed by atoms with E-state index in [-0.39, 0.29) is 11.1 Å². The maximum absolute atomic E-state index is 12.5. The fourth-order valence-corrected chi connectivity index (χ4v) is 2.85. The zero-order valence-electron chi connectivity index (χ0n) is 15.0. The van der Waals surface area contributed by atoms with Crippen molar-refractivity contribution in [3.05, 3.63) is 70.8 Å². The van der Waals surface area contributed by atoms with Crippen molar-refractivity contribution >= 4 is 11.9 Å². The Hall–Kier alpha value is -2.58. The van der Waals surface area contributed by atoms with Crippen LogP contribution in [0.2, 0.25) is 0 Å². The Labute approximate surface area is 156 Å². The molecule has 2 aromatic rings. The minimum atomic E-state index is -2.50. The molecule has 0 radical (unpaired) electrons. The van der Waals surface area contributed by atoms with E-state index in [1.807, 2.05) is 0 Å². The monoisotopic (exact) mass is 374 g/mol. The molecule has 0 aliphatic carbocycles. The second kappa shape index (κ2) is 7.98. The predicted octanol–water partition coefficient (Wildman–Crippen LogP) is 0.433. The first-order valence-corrected chi connectivity index (χ1v) is 8.26. The SMILES string of the molecule is Cc1ccccc1C(O)(CO)C(=O)OC(=O)C(O)(CO)c1ccccc1C. The minimum Gasteiger partial charge on any atom is -0.392 e. The van der Waals surface area contributed by atoms with Crippen LogP contribution in [-0.2, 0) is 25.5 Å². The van der Waals surface area contributed by atoms with E-state index in [0.29, 0.717) is 11.1 Å². The molecule has 7 heteroatoms. The van der Waals surface area contributed by atoms with E-state index in [1.165, 1.54) is 12.1 Å². The molecule has 0 aromatic heterocycles. The van der Waals surface area contributed by atoms with Crippen molar-refractivity contribution in [3.63, 3.8) is 0 Å². The summed E-state index contributed by atoms with van der Waals surface area (Å²) < 4.78 is 4.68. The van der Waals surface area contributed by atoms with Crippen molar-refractivity contribution in [1.29, 1.82) is 0 Å². The average Bonchev–Trinajstić information content (AvgIpc) is 2.67. The zero-order chi connectivity index (χ0) is 20.2. The van der Waals surface area contributed by atoms with Gasteiger partial charge in [0.25, 0.3) is 0 Å². The zero-order valence-corrected chi connectivity index (χ0v) is 15.0. The van der Waals surface area contributed by atoms with Gasteiger partial charge in [0.15, 0.2) is 0 Å². The summed E-state index contributed by atoms with van der Waals surface area (Å²) in [6.07, 6.45) is 0. The van der Waals surface area contributed by atoms with Crippen molar-refractivity contribution in [1.82, 2.24) is 0 Å². The molecule has 2 rings (SSSR count). The summed E-state index contributed by atoms with van der Waals surface area (Å²) in [4.78, 5) is 25.0. The van der Waals surface area contributed by atoms with Crippen molar-refractivity contribution in [2.75, 3.05) is 13.2 Å². The Kier molecular flexibility index (Phi) is 6.12. The highest BCUT2D eigenvalue weighted by Crippen LogP contribution is 2.29. The Morgan fingerprint density at radius 3 is 1.41 bits per heavy atom. The fraction of sp³-hybridized carbons (Fsp3) is 0.300. The highest BCUT2D eigenvalue weighted by molar-refractivity contribution is 5.95. The van der Waals surface area contributed by atoms with Crippen LogP contribution < -0.4 is 0 Å². The Morgan fingerprint density at radius 2 is 1.11 bits per heavy atom. The third-order valence-corrected chi connectivity index (χ3v) is 4.50. The van der Waals surface area contributed by atoms with E-state index in [9.17, 15) is 30.0 Å². The van der Waals surface area contributed by atoms with Gasteiger partial charge < -0.3 is 25.2 Å². The summed E-state index contributed by atoms with van der Waals surface area (Å²) in [7, 11) is 0. The molecule has 4 N–H and O–H groups in total. The molecule has 7 nitrogen and oxygen atoms in total. The lowest BCUT2D eigenvalue weighted by Gasteiger charge is -2.29. The molecule has 2 aromatic carbocycles. The van der Waals surface area contributed by atoms with Crippen LogP contribution >= 0.6 is 0 Å². The van der Waals surface area contributed by atoms with E-state index >= 15 is 0 Å². The molecule has 0 bridgehead atoms. The van der Waals surface area contributed by atoms with Crippen molar-refractivity contribution < 1.29 is 34.8 Å². The Balaban J connectivity index is 2.36. The maximum atomic E-state index is 12.5. The van der Waals surface area contributed by atoms with Gasteiger partial charge in [-0.1, -0.05) is 48.5 Å². The van der Waals surface area contributed by atoms with Gasteiger partial charge in [-0.05, 0) is 25.0 Å². The number of esters is 2. The lowest BCUT2D eigenvalue weighted by Crippen LogP contribution is -2.48. The smallest absolute Gasteiger partial charge is 0.353 e. The number of aryl methyl sites for hydroxylation is 2. The number of aliphatic hydroxyl groups excluding tert-OH is 2.